The molecule has 4 heterocycles. The zero-order valence-corrected chi connectivity index (χ0v) is 20.4. The SMILES string of the molecule is CC1(CN2C(=O)N(Cc3nc4nc(F)ccc4[nH]3)CC2Cc2ccc(Cl)cc2Cl)CCOCC1. The molecule has 0 spiro atoms. The number of hydrogen-bond acceptors (Lipinski definition) is 4. The molecule has 34 heavy (non-hydrogen) atoms. The van der Waals surface area contributed by atoms with Crippen molar-refractivity contribution in [3.05, 3.63) is 57.7 Å². The summed E-state index contributed by atoms with van der Waals surface area (Å²) >= 11 is 12.5. The first kappa shape index (κ1) is 23.3. The monoisotopic (exact) mass is 505 g/mol. The Hall–Kier alpha value is -2.42. The second-order valence-corrected chi connectivity index (χ2v) is 10.3. The number of fused-ring (bicyclic) bond motifs is 1. The van der Waals surface area contributed by atoms with E-state index < -0.39 is 5.95 Å². The number of aromatic amines is 1. The van der Waals surface area contributed by atoms with Crippen LogP contribution in [0.5, 0.6) is 0 Å². The van der Waals surface area contributed by atoms with Gasteiger partial charge in [0.25, 0.3) is 0 Å². The van der Waals surface area contributed by atoms with Crippen molar-refractivity contribution in [1.82, 2.24) is 24.8 Å². The molecular formula is C24H26Cl2FN5O2. The highest BCUT2D eigenvalue weighted by molar-refractivity contribution is 6.35. The number of urea groups is 1. The zero-order chi connectivity index (χ0) is 23.9. The lowest BCUT2D eigenvalue weighted by molar-refractivity contribution is 0.00867. The van der Waals surface area contributed by atoms with Crippen molar-refractivity contribution < 1.29 is 13.9 Å². The van der Waals surface area contributed by atoms with Crippen LogP contribution in [0.3, 0.4) is 0 Å². The van der Waals surface area contributed by atoms with E-state index in [1.807, 2.05) is 17.0 Å². The lowest BCUT2D eigenvalue weighted by Crippen LogP contribution is -2.45. The summed E-state index contributed by atoms with van der Waals surface area (Å²) < 4.78 is 19.0. The number of ether oxygens (including phenoxy) is 1. The zero-order valence-electron chi connectivity index (χ0n) is 18.9. The summed E-state index contributed by atoms with van der Waals surface area (Å²) in [5, 5.41) is 1.18. The third kappa shape index (κ3) is 4.85. The largest absolute Gasteiger partial charge is 0.381 e. The van der Waals surface area contributed by atoms with E-state index in [1.54, 1.807) is 17.0 Å². The third-order valence-corrected chi connectivity index (χ3v) is 7.40. The summed E-state index contributed by atoms with van der Waals surface area (Å²) in [4.78, 5) is 28.7. The van der Waals surface area contributed by atoms with E-state index in [0.717, 1.165) is 18.4 Å². The van der Waals surface area contributed by atoms with Crippen LogP contribution in [0, 0.1) is 11.4 Å². The number of nitrogens with one attached hydrogen (secondary N) is 1. The first-order chi connectivity index (χ1) is 16.3. The van der Waals surface area contributed by atoms with Crippen molar-refractivity contribution in [2.24, 2.45) is 5.41 Å². The molecule has 2 aliphatic rings. The molecule has 0 aliphatic carbocycles. The van der Waals surface area contributed by atoms with E-state index >= 15 is 0 Å². The van der Waals surface area contributed by atoms with Crippen LogP contribution in [0.15, 0.2) is 30.3 Å². The average Bonchev–Trinajstić information content (AvgIpc) is 3.31. The van der Waals surface area contributed by atoms with Crippen LogP contribution in [0.2, 0.25) is 10.0 Å². The number of rotatable bonds is 6. The van der Waals surface area contributed by atoms with E-state index in [1.165, 1.54) is 6.07 Å². The fourth-order valence-electron chi connectivity index (χ4n) is 4.82. The number of carbonyl (C=O) groups is 1. The molecule has 1 N–H and O–H groups in total. The van der Waals surface area contributed by atoms with Gasteiger partial charge in [-0.1, -0.05) is 36.2 Å². The maximum atomic E-state index is 13.6. The Morgan fingerprint density at radius 1 is 1.21 bits per heavy atom. The number of pyridine rings is 1. The summed E-state index contributed by atoms with van der Waals surface area (Å²) in [6.45, 7) is 5.10. The predicted molar refractivity (Wildman–Crippen MR) is 128 cm³/mol. The molecule has 180 valence electrons. The van der Waals surface area contributed by atoms with E-state index in [4.69, 9.17) is 27.9 Å². The van der Waals surface area contributed by atoms with E-state index in [-0.39, 0.29) is 24.0 Å². The summed E-state index contributed by atoms with van der Waals surface area (Å²) in [6, 6.07) is 8.27. The minimum atomic E-state index is -0.585. The lowest BCUT2D eigenvalue weighted by atomic mass is 9.81. The van der Waals surface area contributed by atoms with Gasteiger partial charge in [-0.2, -0.15) is 9.37 Å². The van der Waals surface area contributed by atoms with Gasteiger partial charge >= 0.3 is 6.03 Å². The fourth-order valence-corrected chi connectivity index (χ4v) is 5.31. The Balaban J connectivity index is 1.39. The first-order valence-corrected chi connectivity index (χ1v) is 12.1. The Bertz CT molecular complexity index is 1210. The summed E-state index contributed by atoms with van der Waals surface area (Å²) in [5.41, 5.74) is 1.89. The first-order valence-electron chi connectivity index (χ1n) is 11.4. The Kier molecular flexibility index (Phi) is 6.39. The van der Waals surface area contributed by atoms with Gasteiger partial charge < -0.3 is 19.5 Å². The Labute approximate surface area is 207 Å². The highest BCUT2D eigenvalue weighted by Crippen LogP contribution is 2.35. The molecule has 1 aromatic carbocycles. The Morgan fingerprint density at radius 2 is 2.00 bits per heavy atom. The third-order valence-electron chi connectivity index (χ3n) is 6.81. The van der Waals surface area contributed by atoms with Gasteiger partial charge in [0.05, 0.1) is 18.1 Å². The van der Waals surface area contributed by atoms with Gasteiger partial charge in [-0.05, 0) is 54.5 Å². The van der Waals surface area contributed by atoms with Crippen LogP contribution in [-0.4, -0.2) is 63.1 Å². The van der Waals surface area contributed by atoms with E-state index in [9.17, 15) is 9.18 Å². The van der Waals surface area contributed by atoms with E-state index in [0.29, 0.717) is 59.8 Å². The van der Waals surface area contributed by atoms with Gasteiger partial charge in [-0.15, -0.1) is 0 Å². The topological polar surface area (TPSA) is 74.4 Å². The number of H-pyrrole nitrogens is 1. The molecule has 1 unspecified atom stereocenters. The number of carbonyl (C=O) groups excluding carboxylic acids is 1. The molecule has 2 aromatic heterocycles. The van der Waals surface area contributed by atoms with Gasteiger partial charge in [0.15, 0.2) is 5.65 Å². The van der Waals surface area contributed by atoms with Gasteiger partial charge in [0, 0.05) is 36.3 Å². The number of hydrogen-bond donors (Lipinski definition) is 1. The quantitative estimate of drug-likeness (QED) is 0.474. The maximum absolute atomic E-state index is 13.6. The summed E-state index contributed by atoms with van der Waals surface area (Å²) in [7, 11) is 0. The summed E-state index contributed by atoms with van der Waals surface area (Å²) in [5.74, 6) is -0.0116. The van der Waals surface area contributed by atoms with Gasteiger partial charge in [-0.3, -0.25) is 0 Å². The van der Waals surface area contributed by atoms with Crippen LogP contribution in [-0.2, 0) is 17.7 Å². The van der Waals surface area contributed by atoms with Gasteiger partial charge in [0.2, 0.25) is 5.95 Å². The van der Waals surface area contributed by atoms with Crippen molar-refractivity contribution >= 4 is 40.4 Å². The Morgan fingerprint density at radius 3 is 2.76 bits per heavy atom. The number of nitrogens with zero attached hydrogens (tertiary/aromatic N) is 4. The van der Waals surface area contributed by atoms with Gasteiger partial charge in [-0.25, -0.2) is 9.78 Å². The molecule has 3 aromatic rings. The molecular weight excluding hydrogens is 480 g/mol. The fraction of sp³-hybridized carbons (Fsp3) is 0.458. The number of benzene rings is 1. The van der Waals surface area contributed by atoms with Gasteiger partial charge in [0.1, 0.15) is 5.82 Å². The molecule has 0 bridgehead atoms. The standard InChI is InChI=1S/C24H26Cl2FN5O2/c1-24(6-8-34-9-7-24)14-32-17(10-15-2-3-16(25)11-18(15)26)12-31(23(32)33)13-21-28-19-4-5-20(27)29-22(19)30-21/h2-5,11,17H,6-10,12-14H2,1H3,(H,28,29,30). The number of imidazole rings is 1. The van der Waals surface area contributed by atoms with Crippen LogP contribution >= 0.6 is 23.2 Å². The second-order valence-electron chi connectivity index (χ2n) is 9.50. The van der Waals surface area contributed by atoms with Crippen LogP contribution in [0.4, 0.5) is 9.18 Å². The minimum Gasteiger partial charge on any atom is -0.381 e. The lowest BCUT2D eigenvalue weighted by Gasteiger charge is -2.38. The highest BCUT2D eigenvalue weighted by atomic mass is 35.5. The molecule has 0 radical (unpaired) electrons. The molecule has 10 heteroatoms. The molecule has 2 saturated heterocycles. The molecule has 1 atom stereocenters. The molecule has 2 fully saturated rings. The second kappa shape index (κ2) is 9.32. The number of aromatic nitrogens is 3. The summed E-state index contributed by atoms with van der Waals surface area (Å²) in [6.07, 6.45) is 2.44. The molecule has 7 nitrogen and oxygen atoms in total. The minimum absolute atomic E-state index is 0.00717. The normalized spacial score (nSPS) is 20.5. The van der Waals surface area contributed by atoms with Crippen molar-refractivity contribution in [1.29, 1.82) is 0 Å². The molecule has 2 aliphatic heterocycles. The molecule has 0 saturated carbocycles. The van der Waals surface area contributed by atoms with Crippen LogP contribution in [0.1, 0.15) is 31.2 Å². The number of amides is 2. The highest BCUT2D eigenvalue weighted by Gasteiger charge is 2.42. The van der Waals surface area contributed by atoms with E-state index in [2.05, 4.69) is 21.9 Å². The van der Waals surface area contributed by atoms with Crippen LogP contribution in [0.25, 0.3) is 11.2 Å². The van der Waals surface area contributed by atoms with Crippen molar-refractivity contribution in [3.63, 3.8) is 0 Å². The predicted octanol–water partition coefficient (Wildman–Crippen LogP) is 5.07. The molecule has 2 amide bonds. The van der Waals surface area contributed by atoms with Crippen LogP contribution < -0.4 is 0 Å². The number of halogens is 3. The maximum Gasteiger partial charge on any atom is 0.320 e. The van der Waals surface area contributed by atoms with Crippen molar-refractivity contribution in [2.45, 2.75) is 38.8 Å². The average molecular weight is 506 g/mol. The molecule has 5 rings (SSSR count). The van der Waals surface area contributed by atoms with Crippen molar-refractivity contribution in [3.8, 4) is 0 Å². The van der Waals surface area contributed by atoms with Crippen molar-refractivity contribution in [2.75, 3.05) is 26.3 Å². The smallest absolute Gasteiger partial charge is 0.320 e.